The average Bonchev–Trinajstić information content (AvgIpc) is 2.37. The Morgan fingerprint density at radius 1 is 1.64 bits per heavy atom. The predicted molar refractivity (Wildman–Crippen MR) is 49.8 cm³/mol. The van der Waals surface area contributed by atoms with Gasteiger partial charge in [0.15, 0.2) is 3.91 Å². The van der Waals surface area contributed by atoms with E-state index in [4.69, 9.17) is 11.6 Å². The van der Waals surface area contributed by atoms with Crippen molar-refractivity contribution < 1.29 is 0 Å². The summed E-state index contributed by atoms with van der Waals surface area (Å²) in [5.74, 6) is 0.282. The lowest BCUT2D eigenvalue weighted by Crippen LogP contribution is -2.26. The molecule has 0 aliphatic rings. The van der Waals surface area contributed by atoms with Gasteiger partial charge in [-0.25, -0.2) is 4.68 Å². The van der Waals surface area contributed by atoms with Crippen LogP contribution in [0, 0.1) is 5.92 Å². The third kappa shape index (κ3) is 1.76. The molecular weight excluding hydrogens is 227 g/mol. The summed E-state index contributed by atoms with van der Waals surface area (Å²) >= 11 is 9.55. The largest absolute Gasteiger partial charge is 0.241 e. The number of rotatable bonds is 2. The third-order valence-corrected chi connectivity index (χ3v) is 3.39. The Bertz CT molecular complexity index is 218. The summed E-state index contributed by atoms with van der Waals surface area (Å²) in [5.41, 5.74) is 0. The minimum Gasteiger partial charge on any atom is -0.241 e. The molecule has 4 heteroatoms. The van der Waals surface area contributed by atoms with Gasteiger partial charge in [0.2, 0.25) is 0 Å². The normalized spacial score (nSPS) is 16.8. The Kier molecular flexibility index (Phi) is 2.60. The molecular formula is C7H10BrClN2. The summed E-state index contributed by atoms with van der Waals surface area (Å²) in [7, 11) is 0. The van der Waals surface area contributed by atoms with Crippen LogP contribution in [0.3, 0.4) is 0 Å². The molecule has 2 nitrogen and oxygen atoms in total. The average molecular weight is 238 g/mol. The van der Waals surface area contributed by atoms with E-state index in [0.717, 1.165) is 0 Å². The van der Waals surface area contributed by atoms with E-state index in [1.165, 1.54) is 0 Å². The Morgan fingerprint density at radius 3 is 2.64 bits per heavy atom. The summed E-state index contributed by atoms with van der Waals surface area (Å²) in [4.78, 5) is 0. The molecule has 0 aliphatic carbocycles. The summed E-state index contributed by atoms with van der Waals surface area (Å²) in [6, 6.07) is 1.85. The van der Waals surface area contributed by atoms with E-state index < -0.39 is 3.91 Å². The molecule has 0 saturated heterocycles. The van der Waals surface area contributed by atoms with Gasteiger partial charge in [-0.2, -0.15) is 5.10 Å². The molecule has 0 aliphatic heterocycles. The van der Waals surface area contributed by atoms with Crippen molar-refractivity contribution in [3.05, 3.63) is 18.5 Å². The van der Waals surface area contributed by atoms with Crippen molar-refractivity contribution in [2.75, 3.05) is 0 Å². The summed E-state index contributed by atoms with van der Waals surface area (Å²) < 4.78 is 1.11. The van der Waals surface area contributed by atoms with Crippen molar-refractivity contribution >= 4 is 27.5 Å². The zero-order valence-corrected chi connectivity index (χ0v) is 8.80. The van der Waals surface area contributed by atoms with Gasteiger partial charge >= 0.3 is 0 Å². The molecule has 0 N–H and O–H groups in total. The first-order valence-electron chi connectivity index (χ1n) is 3.43. The number of alkyl halides is 2. The minimum absolute atomic E-state index is 0.282. The molecule has 1 heterocycles. The molecule has 0 radical (unpaired) electrons. The molecule has 0 bridgehead atoms. The first kappa shape index (κ1) is 9.07. The van der Waals surface area contributed by atoms with Gasteiger partial charge in [-0.15, -0.1) is 0 Å². The van der Waals surface area contributed by atoms with Crippen LogP contribution in [0.4, 0.5) is 0 Å². The minimum atomic E-state index is -0.587. The second kappa shape index (κ2) is 3.15. The van der Waals surface area contributed by atoms with Crippen LogP contribution in [0.5, 0.6) is 0 Å². The number of aromatic nitrogens is 2. The van der Waals surface area contributed by atoms with Crippen LogP contribution in [-0.2, 0) is 3.91 Å². The molecule has 0 fully saturated rings. The Hall–Kier alpha value is -0.0200. The zero-order chi connectivity index (χ0) is 8.48. The van der Waals surface area contributed by atoms with Crippen molar-refractivity contribution in [3.63, 3.8) is 0 Å². The maximum atomic E-state index is 6.15. The molecule has 1 aromatic heterocycles. The van der Waals surface area contributed by atoms with Gasteiger partial charge in [0.25, 0.3) is 0 Å². The SMILES string of the molecule is CC(C)C(Cl)(Br)n1cccn1. The van der Waals surface area contributed by atoms with Crippen molar-refractivity contribution in [2.24, 2.45) is 5.92 Å². The fourth-order valence-corrected chi connectivity index (χ4v) is 1.02. The van der Waals surface area contributed by atoms with E-state index in [1.807, 2.05) is 26.1 Å². The molecule has 1 unspecified atom stereocenters. The van der Waals surface area contributed by atoms with Crippen LogP contribution in [0.2, 0.25) is 0 Å². The van der Waals surface area contributed by atoms with Crippen molar-refractivity contribution in [1.82, 2.24) is 9.78 Å². The van der Waals surface area contributed by atoms with Crippen molar-refractivity contribution in [3.8, 4) is 0 Å². The second-order valence-electron chi connectivity index (χ2n) is 2.69. The lowest BCUT2D eigenvalue weighted by Gasteiger charge is -2.24. The molecule has 1 atom stereocenters. The Morgan fingerprint density at radius 2 is 2.27 bits per heavy atom. The third-order valence-electron chi connectivity index (χ3n) is 1.50. The fraction of sp³-hybridized carbons (Fsp3) is 0.571. The monoisotopic (exact) mass is 236 g/mol. The van der Waals surface area contributed by atoms with Gasteiger partial charge in [0, 0.05) is 18.3 Å². The first-order chi connectivity index (χ1) is 5.05. The number of halogens is 2. The van der Waals surface area contributed by atoms with Crippen LogP contribution < -0.4 is 0 Å². The van der Waals surface area contributed by atoms with Gasteiger partial charge in [-0.3, -0.25) is 0 Å². The molecule has 0 amide bonds. The van der Waals surface area contributed by atoms with Crippen LogP contribution in [0.15, 0.2) is 18.5 Å². The lowest BCUT2D eigenvalue weighted by molar-refractivity contribution is 0.425. The van der Waals surface area contributed by atoms with E-state index in [-0.39, 0.29) is 5.92 Å². The molecule has 0 aromatic carbocycles. The maximum Gasteiger partial charge on any atom is 0.192 e. The maximum absolute atomic E-state index is 6.15. The van der Waals surface area contributed by atoms with E-state index in [0.29, 0.717) is 0 Å². The smallest absolute Gasteiger partial charge is 0.192 e. The lowest BCUT2D eigenvalue weighted by atomic mass is 10.2. The number of nitrogens with zero attached hydrogens (tertiary/aromatic N) is 2. The second-order valence-corrected chi connectivity index (χ2v) is 4.93. The van der Waals surface area contributed by atoms with E-state index >= 15 is 0 Å². The Labute approximate surface area is 79.7 Å². The van der Waals surface area contributed by atoms with Gasteiger partial charge in [0.05, 0.1) is 0 Å². The highest BCUT2D eigenvalue weighted by Gasteiger charge is 2.29. The molecule has 0 spiro atoms. The van der Waals surface area contributed by atoms with Gasteiger partial charge in [-0.1, -0.05) is 25.4 Å². The van der Waals surface area contributed by atoms with Crippen LogP contribution in [0.1, 0.15) is 13.8 Å². The molecule has 1 aromatic rings. The van der Waals surface area contributed by atoms with Crippen LogP contribution in [-0.4, -0.2) is 9.78 Å². The van der Waals surface area contributed by atoms with Crippen molar-refractivity contribution in [2.45, 2.75) is 17.8 Å². The van der Waals surface area contributed by atoms with Crippen LogP contribution in [0.25, 0.3) is 0 Å². The van der Waals surface area contributed by atoms with Gasteiger partial charge in [0.1, 0.15) is 0 Å². The summed E-state index contributed by atoms with van der Waals surface area (Å²) in [6.07, 6.45) is 3.54. The molecule has 62 valence electrons. The standard InChI is InChI=1S/C7H10BrClN2/c1-6(2)7(8,9)11-5-3-4-10-11/h3-6H,1-2H3. The highest BCUT2D eigenvalue weighted by molar-refractivity contribution is 9.10. The Balaban J connectivity index is 2.90. The zero-order valence-electron chi connectivity index (χ0n) is 6.46. The number of hydrogen-bond acceptors (Lipinski definition) is 1. The highest BCUT2D eigenvalue weighted by Crippen LogP contribution is 2.36. The van der Waals surface area contributed by atoms with E-state index in [1.54, 1.807) is 10.9 Å². The molecule has 1 rings (SSSR count). The van der Waals surface area contributed by atoms with E-state index in [9.17, 15) is 0 Å². The van der Waals surface area contributed by atoms with E-state index in [2.05, 4.69) is 21.0 Å². The van der Waals surface area contributed by atoms with Gasteiger partial charge in [-0.05, 0) is 22.0 Å². The van der Waals surface area contributed by atoms with Crippen molar-refractivity contribution in [1.29, 1.82) is 0 Å². The summed E-state index contributed by atoms with van der Waals surface area (Å²) in [6.45, 7) is 4.06. The molecule has 11 heavy (non-hydrogen) atoms. The topological polar surface area (TPSA) is 17.8 Å². The number of hydrogen-bond donors (Lipinski definition) is 0. The quantitative estimate of drug-likeness (QED) is 0.723. The highest BCUT2D eigenvalue weighted by atomic mass is 79.9. The van der Waals surface area contributed by atoms with Crippen LogP contribution >= 0.6 is 27.5 Å². The first-order valence-corrected chi connectivity index (χ1v) is 4.60. The fourth-order valence-electron chi connectivity index (χ4n) is 0.710. The van der Waals surface area contributed by atoms with Gasteiger partial charge < -0.3 is 0 Å². The predicted octanol–water partition coefficient (Wildman–Crippen LogP) is 2.78. The molecule has 0 saturated carbocycles. The summed E-state index contributed by atoms with van der Waals surface area (Å²) in [5, 5.41) is 4.05.